The summed E-state index contributed by atoms with van der Waals surface area (Å²) in [6, 6.07) is 9.71. The van der Waals surface area contributed by atoms with Crippen molar-refractivity contribution in [2.45, 2.75) is 40.7 Å². The fraction of sp³-hybridized carbons (Fsp3) is 0.333. The minimum absolute atomic E-state index is 0.0745. The summed E-state index contributed by atoms with van der Waals surface area (Å²) in [6.45, 7) is 10.2. The standard InChI is InChI=1S/C18H23NO2/c1-11(2)20-18-10-15(6-7-16(18)19)21-17-9-12(3)8-13(4)14(17)5/h6-11H,19H2,1-5H3. The van der Waals surface area contributed by atoms with E-state index in [4.69, 9.17) is 15.2 Å². The number of hydrogen-bond acceptors (Lipinski definition) is 3. The van der Waals surface area contributed by atoms with E-state index in [9.17, 15) is 0 Å². The van der Waals surface area contributed by atoms with Crippen molar-refractivity contribution < 1.29 is 9.47 Å². The van der Waals surface area contributed by atoms with Crippen LogP contribution in [0.4, 0.5) is 5.69 Å². The third kappa shape index (κ3) is 3.69. The molecule has 0 heterocycles. The molecule has 0 aliphatic heterocycles. The largest absolute Gasteiger partial charge is 0.489 e. The average Bonchev–Trinajstić information content (AvgIpc) is 2.38. The van der Waals surface area contributed by atoms with Crippen molar-refractivity contribution in [1.29, 1.82) is 0 Å². The molecule has 2 aromatic rings. The van der Waals surface area contributed by atoms with Gasteiger partial charge in [-0.15, -0.1) is 0 Å². The molecule has 2 aromatic carbocycles. The van der Waals surface area contributed by atoms with Crippen molar-refractivity contribution >= 4 is 5.69 Å². The Morgan fingerprint density at radius 3 is 2.33 bits per heavy atom. The van der Waals surface area contributed by atoms with E-state index in [0.717, 1.165) is 17.1 Å². The van der Waals surface area contributed by atoms with Gasteiger partial charge < -0.3 is 15.2 Å². The summed E-state index contributed by atoms with van der Waals surface area (Å²) in [6.07, 6.45) is 0.0745. The van der Waals surface area contributed by atoms with E-state index in [1.54, 1.807) is 0 Å². The first-order chi connectivity index (χ1) is 9.86. The van der Waals surface area contributed by atoms with Gasteiger partial charge in [0.1, 0.15) is 17.2 Å². The van der Waals surface area contributed by atoms with Crippen LogP contribution in [-0.2, 0) is 0 Å². The zero-order valence-corrected chi connectivity index (χ0v) is 13.4. The topological polar surface area (TPSA) is 44.5 Å². The number of nitrogens with two attached hydrogens (primary N) is 1. The van der Waals surface area contributed by atoms with Gasteiger partial charge in [-0.3, -0.25) is 0 Å². The minimum atomic E-state index is 0.0745. The summed E-state index contributed by atoms with van der Waals surface area (Å²) >= 11 is 0. The predicted octanol–water partition coefficient (Wildman–Crippen LogP) is 4.77. The van der Waals surface area contributed by atoms with Crippen LogP contribution in [0.1, 0.15) is 30.5 Å². The van der Waals surface area contributed by atoms with Crippen LogP contribution in [0.25, 0.3) is 0 Å². The first-order valence-electron chi connectivity index (χ1n) is 7.18. The smallest absolute Gasteiger partial charge is 0.146 e. The molecule has 0 aliphatic carbocycles. The molecule has 0 radical (unpaired) electrons. The highest BCUT2D eigenvalue weighted by Crippen LogP contribution is 2.33. The van der Waals surface area contributed by atoms with Gasteiger partial charge in [-0.2, -0.15) is 0 Å². The van der Waals surface area contributed by atoms with Crippen molar-refractivity contribution in [3.8, 4) is 17.2 Å². The lowest BCUT2D eigenvalue weighted by molar-refractivity contribution is 0.243. The van der Waals surface area contributed by atoms with Crippen LogP contribution >= 0.6 is 0 Å². The number of nitrogen functional groups attached to an aromatic ring is 1. The summed E-state index contributed by atoms with van der Waals surface area (Å²) in [7, 11) is 0. The molecule has 0 fully saturated rings. The number of benzene rings is 2. The van der Waals surface area contributed by atoms with Crippen molar-refractivity contribution in [2.24, 2.45) is 0 Å². The van der Waals surface area contributed by atoms with Crippen LogP contribution in [0, 0.1) is 20.8 Å². The molecule has 2 rings (SSSR count). The summed E-state index contributed by atoms with van der Waals surface area (Å²) in [4.78, 5) is 0. The molecule has 0 amide bonds. The van der Waals surface area contributed by atoms with Crippen molar-refractivity contribution in [1.82, 2.24) is 0 Å². The first kappa shape index (κ1) is 15.2. The molecule has 112 valence electrons. The van der Waals surface area contributed by atoms with Gasteiger partial charge in [-0.1, -0.05) is 6.07 Å². The third-order valence-corrected chi connectivity index (χ3v) is 3.34. The summed E-state index contributed by atoms with van der Waals surface area (Å²) in [5, 5.41) is 0. The van der Waals surface area contributed by atoms with Crippen molar-refractivity contribution in [3.63, 3.8) is 0 Å². The lowest BCUT2D eigenvalue weighted by atomic mass is 10.1. The van der Waals surface area contributed by atoms with Gasteiger partial charge in [-0.25, -0.2) is 0 Å². The molecule has 0 spiro atoms. The van der Waals surface area contributed by atoms with Crippen LogP contribution in [-0.4, -0.2) is 6.10 Å². The van der Waals surface area contributed by atoms with Gasteiger partial charge in [-0.05, 0) is 69.5 Å². The molecule has 0 aliphatic rings. The highest BCUT2D eigenvalue weighted by Gasteiger charge is 2.09. The Balaban J connectivity index is 2.32. The van der Waals surface area contributed by atoms with E-state index in [1.807, 2.05) is 38.1 Å². The molecule has 21 heavy (non-hydrogen) atoms. The van der Waals surface area contributed by atoms with E-state index >= 15 is 0 Å². The molecule has 0 atom stereocenters. The first-order valence-corrected chi connectivity index (χ1v) is 7.18. The van der Waals surface area contributed by atoms with E-state index in [-0.39, 0.29) is 6.10 Å². The molecule has 0 bridgehead atoms. The van der Waals surface area contributed by atoms with Crippen LogP contribution in [0.3, 0.4) is 0 Å². The Morgan fingerprint density at radius 2 is 1.67 bits per heavy atom. The second-order valence-corrected chi connectivity index (χ2v) is 5.67. The summed E-state index contributed by atoms with van der Waals surface area (Å²) < 4.78 is 11.7. The fourth-order valence-electron chi connectivity index (χ4n) is 2.17. The van der Waals surface area contributed by atoms with Crippen LogP contribution in [0.5, 0.6) is 17.2 Å². The number of aryl methyl sites for hydroxylation is 2. The maximum Gasteiger partial charge on any atom is 0.146 e. The lowest BCUT2D eigenvalue weighted by Crippen LogP contribution is -2.07. The van der Waals surface area contributed by atoms with Gasteiger partial charge in [0, 0.05) is 6.07 Å². The molecular weight excluding hydrogens is 262 g/mol. The molecular formula is C18H23NO2. The quantitative estimate of drug-likeness (QED) is 0.823. The zero-order chi connectivity index (χ0) is 15.6. The second-order valence-electron chi connectivity index (χ2n) is 5.67. The van der Waals surface area contributed by atoms with E-state index in [1.165, 1.54) is 11.1 Å². The van der Waals surface area contributed by atoms with E-state index < -0.39 is 0 Å². The van der Waals surface area contributed by atoms with Crippen LogP contribution < -0.4 is 15.2 Å². The zero-order valence-electron chi connectivity index (χ0n) is 13.4. The van der Waals surface area contributed by atoms with Crippen LogP contribution in [0.15, 0.2) is 30.3 Å². The normalized spacial score (nSPS) is 10.8. The number of hydrogen-bond donors (Lipinski definition) is 1. The van der Waals surface area contributed by atoms with Gasteiger partial charge in [0.05, 0.1) is 11.8 Å². The van der Waals surface area contributed by atoms with Crippen molar-refractivity contribution in [3.05, 3.63) is 47.0 Å². The molecule has 0 saturated carbocycles. The number of rotatable bonds is 4. The Kier molecular flexibility index (Phi) is 4.41. The molecule has 0 unspecified atom stereocenters. The van der Waals surface area contributed by atoms with Gasteiger partial charge in [0.25, 0.3) is 0 Å². The highest BCUT2D eigenvalue weighted by molar-refractivity contribution is 5.56. The molecule has 3 nitrogen and oxygen atoms in total. The van der Waals surface area contributed by atoms with Crippen molar-refractivity contribution in [2.75, 3.05) is 5.73 Å². The Bertz CT molecular complexity index is 648. The maximum atomic E-state index is 6.01. The monoisotopic (exact) mass is 285 g/mol. The van der Waals surface area contributed by atoms with Gasteiger partial charge in [0.2, 0.25) is 0 Å². The van der Waals surface area contributed by atoms with Gasteiger partial charge >= 0.3 is 0 Å². The molecule has 0 saturated heterocycles. The minimum Gasteiger partial charge on any atom is -0.489 e. The Hall–Kier alpha value is -2.16. The Morgan fingerprint density at radius 1 is 0.952 bits per heavy atom. The fourth-order valence-corrected chi connectivity index (χ4v) is 2.17. The second kappa shape index (κ2) is 6.08. The lowest BCUT2D eigenvalue weighted by Gasteiger charge is -2.15. The maximum absolute atomic E-state index is 6.01. The van der Waals surface area contributed by atoms with E-state index in [0.29, 0.717) is 11.4 Å². The summed E-state index contributed by atoms with van der Waals surface area (Å²) in [5.41, 5.74) is 10.1. The predicted molar refractivity (Wildman–Crippen MR) is 87.3 cm³/mol. The molecule has 3 heteroatoms. The van der Waals surface area contributed by atoms with Crippen LogP contribution in [0.2, 0.25) is 0 Å². The van der Waals surface area contributed by atoms with Gasteiger partial charge in [0.15, 0.2) is 0 Å². The Labute approximate surface area is 126 Å². The SMILES string of the molecule is Cc1cc(C)c(C)c(Oc2ccc(N)c(OC(C)C)c2)c1. The molecule has 0 aromatic heterocycles. The summed E-state index contributed by atoms with van der Waals surface area (Å²) in [5.74, 6) is 2.25. The highest BCUT2D eigenvalue weighted by atomic mass is 16.5. The number of anilines is 1. The van der Waals surface area contributed by atoms with E-state index in [2.05, 4.69) is 26.8 Å². The third-order valence-electron chi connectivity index (χ3n) is 3.34. The average molecular weight is 285 g/mol. The molecule has 2 N–H and O–H groups in total. The number of ether oxygens (including phenoxy) is 2.